The molecule has 1 aliphatic rings. The summed E-state index contributed by atoms with van der Waals surface area (Å²) in [6.07, 6.45) is 5.35. The Kier molecular flexibility index (Phi) is 3.40. The van der Waals surface area contributed by atoms with Crippen molar-refractivity contribution in [1.29, 1.82) is 0 Å². The third-order valence-corrected chi connectivity index (χ3v) is 2.69. The quantitative estimate of drug-likeness (QED) is 0.492. The van der Waals surface area contributed by atoms with E-state index in [-0.39, 0.29) is 0 Å². The summed E-state index contributed by atoms with van der Waals surface area (Å²) in [6, 6.07) is 0. The van der Waals surface area contributed by atoms with Crippen molar-refractivity contribution in [3.05, 3.63) is 6.33 Å². The summed E-state index contributed by atoms with van der Waals surface area (Å²) < 4.78 is 5.21. The summed E-state index contributed by atoms with van der Waals surface area (Å²) in [5, 5.41) is 3.24. The van der Waals surface area contributed by atoms with Crippen LogP contribution in [0.1, 0.15) is 19.3 Å². The van der Waals surface area contributed by atoms with Crippen LogP contribution in [-0.2, 0) is 0 Å². The molecule has 0 unspecified atom stereocenters. The van der Waals surface area contributed by atoms with E-state index in [1.807, 2.05) is 0 Å². The van der Waals surface area contributed by atoms with E-state index in [2.05, 4.69) is 20.7 Å². The van der Waals surface area contributed by atoms with Crippen molar-refractivity contribution in [2.45, 2.75) is 19.3 Å². The minimum atomic E-state index is 0.492. The molecule has 1 heterocycles. The average molecular weight is 223 g/mol. The maximum atomic E-state index is 5.33. The van der Waals surface area contributed by atoms with Gasteiger partial charge in [0.1, 0.15) is 6.33 Å². The highest BCUT2D eigenvalue weighted by molar-refractivity contribution is 5.62. The van der Waals surface area contributed by atoms with Gasteiger partial charge in [-0.1, -0.05) is 12.8 Å². The van der Waals surface area contributed by atoms with Gasteiger partial charge in [0.25, 0.3) is 0 Å². The first kappa shape index (κ1) is 10.9. The van der Waals surface area contributed by atoms with Gasteiger partial charge in [-0.15, -0.1) is 0 Å². The monoisotopic (exact) mass is 223 g/mol. The van der Waals surface area contributed by atoms with Crippen molar-refractivity contribution in [2.24, 2.45) is 11.8 Å². The molecule has 0 atom stereocenters. The standard InChI is InChI=1S/C10H17N5O/c1-16-8-9(12-5-4-7-2-3-7)13-6-14-10(8)15-11/h6-7H,2-5,11H2,1H3,(H2,12,13,14,15). The minimum Gasteiger partial charge on any atom is -0.490 e. The van der Waals surface area contributed by atoms with Crippen LogP contribution in [0, 0.1) is 5.92 Å². The van der Waals surface area contributed by atoms with E-state index >= 15 is 0 Å². The van der Waals surface area contributed by atoms with E-state index in [1.54, 1.807) is 7.11 Å². The zero-order chi connectivity index (χ0) is 11.4. The molecule has 6 heteroatoms. The molecule has 2 rings (SSSR count). The smallest absolute Gasteiger partial charge is 0.205 e. The summed E-state index contributed by atoms with van der Waals surface area (Å²) >= 11 is 0. The molecule has 1 fully saturated rings. The molecule has 0 bridgehead atoms. The summed E-state index contributed by atoms with van der Waals surface area (Å²) in [7, 11) is 1.58. The Morgan fingerprint density at radius 1 is 1.44 bits per heavy atom. The van der Waals surface area contributed by atoms with E-state index in [9.17, 15) is 0 Å². The fraction of sp³-hybridized carbons (Fsp3) is 0.600. The third-order valence-electron chi connectivity index (χ3n) is 2.69. The first-order valence-corrected chi connectivity index (χ1v) is 5.44. The maximum Gasteiger partial charge on any atom is 0.205 e. The van der Waals surface area contributed by atoms with E-state index in [1.165, 1.54) is 25.6 Å². The van der Waals surface area contributed by atoms with Crippen LogP contribution >= 0.6 is 0 Å². The zero-order valence-electron chi connectivity index (χ0n) is 9.36. The van der Waals surface area contributed by atoms with Gasteiger partial charge in [0.2, 0.25) is 5.75 Å². The number of methoxy groups -OCH3 is 1. The first-order chi connectivity index (χ1) is 7.85. The predicted octanol–water partition coefficient (Wildman–Crippen LogP) is 0.983. The van der Waals surface area contributed by atoms with E-state index in [0.717, 1.165) is 12.5 Å². The van der Waals surface area contributed by atoms with Crippen LogP contribution in [0.5, 0.6) is 5.75 Å². The second-order valence-corrected chi connectivity index (χ2v) is 3.91. The molecule has 0 spiro atoms. The summed E-state index contributed by atoms with van der Waals surface area (Å²) in [5.74, 6) is 7.96. The number of hydrazine groups is 1. The lowest BCUT2D eigenvalue weighted by Gasteiger charge is -2.12. The minimum absolute atomic E-state index is 0.492. The molecule has 16 heavy (non-hydrogen) atoms. The van der Waals surface area contributed by atoms with Gasteiger partial charge in [-0.3, -0.25) is 0 Å². The lowest BCUT2D eigenvalue weighted by atomic mass is 10.3. The van der Waals surface area contributed by atoms with Crippen LogP contribution in [0.4, 0.5) is 11.6 Å². The van der Waals surface area contributed by atoms with Gasteiger partial charge in [0.15, 0.2) is 11.6 Å². The van der Waals surface area contributed by atoms with Gasteiger partial charge in [0.05, 0.1) is 7.11 Å². The fourth-order valence-electron chi connectivity index (χ4n) is 1.60. The first-order valence-electron chi connectivity index (χ1n) is 5.44. The SMILES string of the molecule is COc1c(NN)ncnc1NCCC1CC1. The lowest BCUT2D eigenvalue weighted by Crippen LogP contribution is -2.13. The Hall–Kier alpha value is -1.56. The number of hydrogen-bond donors (Lipinski definition) is 3. The van der Waals surface area contributed by atoms with Crippen molar-refractivity contribution in [2.75, 3.05) is 24.4 Å². The van der Waals surface area contributed by atoms with Crippen LogP contribution < -0.4 is 21.3 Å². The molecule has 1 aromatic rings. The van der Waals surface area contributed by atoms with Gasteiger partial charge in [-0.25, -0.2) is 15.8 Å². The molecule has 4 N–H and O–H groups in total. The highest BCUT2D eigenvalue weighted by atomic mass is 16.5. The number of nitrogens with two attached hydrogens (primary N) is 1. The van der Waals surface area contributed by atoms with Gasteiger partial charge >= 0.3 is 0 Å². The maximum absolute atomic E-state index is 5.33. The van der Waals surface area contributed by atoms with Crippen LogP contribution in [0.2, 0.25) is 0 Å². The van der Waals surface area contributed by atoms with Crippen LogP contribution in [0.25, 0.3) is 0 Å². The summed E-state index contributed by atoms with van der Waals surface area (Å²) in [5.41, 5.74) is 2.48. The molecule has 1 aliphatic carbocycles. The molecule has 0 radical (unpaired) electrons. The number of nitrogens with zero attached hydrogens (tertiary/aromatic N) is 2. The molecule has 1 aromatic heterocycles. The van der Waals surface area contributed by atoms with Crippen molar-refractivity contribution in [3.8, 4) is 5.75 Å². The van der Waals surface area contributed by atoms with Crippen molar-refractivity contribution in [1.82, 2.24) is 9.97 Å². The van der Waals surface area contributed by atoms with Gasteiger partial charge in [0, 0.05) is 6.54 Å². The molecule has 0 aromatic carbocycles. The van der Waals surface area contributed by atoms with Crippen LogP contribution in [0.15, 0.2) is 6.33 Å². The molecule has 6 nitrogen and oxygen atoms in total. The van der Waals surface area contributed by atoms with E-state index < -0.39 is 0 Å². The predicted molar refractivity (Wildman–Crippen MR) is 62.2 cm³/mol. The molecule has 0 amide bonds. The number of aromatic nitrogens is 2. The number of nitrogens with one attached hydrogen (secondary N) is 2. The topological polar surface area (TPSA) is 85.1 Å². The molecule has 0 saturated heterocycles. The molecule has 88 valence electrons. The van der Waals surface area contributed by atoms with Gasteiger partial charge < -0.3 is 15.5 Å². The lowest BCUT2D eigenvalue weighted by molar-refractivity contribution is 0.414. The fourth-order valence-corrected chi connectivity index (χ4v) is 1.60. The molecule has 0 aliphatic heterocycles. The highest BCUT2D eigenvalue weighted by Crippen LogP contribution is 2.33. The van der Waals surface area contributed by atoms with Crippen molar-refractivity contribution in [3.63, 3.8) is 0 Å². The second-order valence-electron chi connectivity index (χ2n) is 3.91. The highest BCUT2D eigenvalue weighted by Gasteiger charge is 2.20. The average Bonchev–Trinajstić information content (AvgIpc) is 3.12. The van der Waals surface area contributed by atoms with E-state index in [0.29, 0.717) is 17.4 Å². The second kappa shape index (κ2) is 4.98. The number of anilines is 2. The van der Waals surface area contributed by atoms with Crippen molar-refractivity contribution < 1.29 is 4.74 Å². The largest absolute Gasteiger partial charge is 0.490 e. The summed E-state index contributed by atoms with van der Waals surface area (Å²) in [6.45, 7) is 0.905. The Bertz CT molecular complexity index is 353. The number of nitrogen functional groups attached to an aromatic ring is 1. The third kappa shape index (κ3) is 2.52. The Labute approximate surface area is 94.6 Å². The number of ether oxygens (including phenoxy) is 1. The van der Waals surface area contributed by atoms with E-state index in [4.69, 9.17) is 10.6 Å². The Balaban J connectivity index is 1.99. The molecular formula is C10H17N5O. The molecule has 1 saturated carbocycles. The molecular weight excluding hydrogens is 206 g/mol. The van der Waals surface area contributed by atoms with Gasteiger partial charge in [-0.2, -0.15) is 0 Å². The normalized spacial score (nSPS) is 14.6. The van der Waals surface area contributed by atoms with Crippen LogP contribution in [0.3, 0.4) is 0 Å². The number of hydrogen-bond acceptors (Lipinski definition) is 6. The van der Waals surface area contributed by atoms with Crippen molar-refractivity contribution >= 4 is 11.6 Å². The number of rotatable bonds is 6. The van der Waals surface area contributed by atoms with Crippen LogP contribution in [-0.4, -0.2) is 23.6 Å². The van der Waals surface area contributed by atoms with Gasteiger partial charge in [-0.05, 0) is 12.3 Å². The summed E-state index contributed by atoms with van der Waals surface area (Å²) in [4.78, 5) is 8.10. The Morgan fingerprint density at radius 2 is 2.19 bits per heavy atom. The zero-order valence-corrected chi connectivity index (χ0v) is 9.36. The Morgan fingerprint density at radius 3 is 2.81 bits per heavy atom.